The molecule has 0 radical (unpaired) electrons. The van der Waals surface area contributed by atoms with Crippen LogP contribution >= 0.6 is 31.9 Å². The third-order valence-electron chi connectivity index (χ3n) is 2.36. The summed E-state index contributed by atoms with van der Waals surface area (Å²) in [6, 6.07) is 0. The number of nitrogens with one attached hydrogen (secondary N) is 1. The van der Waals surface area contributed by atoms with Crippen molar-refractivity contribution in [3.8, 4) is 0 Å². The van der Waals surface area contributed by atoms with Crippen molar-refractivity contribution in [1.29, 1.82) is 0 Å². The summed E-state index contributed by atoms with van der Waals surface area (Å²) in [7, 11) is -3.31. The zero-order valence-corrected chi connectivity index (χ0v) is 14.5. The minimum Gasteiger partial charge on any atom is -0.378 e. The highest BCUT2D eigenvalue weighted by atomic mass is 79.9. The van der Waals surface area contributed by atoms with Crippen molar-refractivity contribution in [2.75, 3.05) is 23.0 Å². The lowest BCUT2D eigenvalue weighted by atomic mass is 10.0. The molecule has 0 aliphatic carbocycles. The summed E-state index contributed by atoms with van der Waals surface area (Å²) in [4.78, 5) is 0. The minimum absolute atomic E-state index is 0.00701. The summed E-state index contributed by atoms with van der Waals surface area (Å²) in [6.45, 7) is 5.94. The molecule has 7 heteroatoms. The average molecular weight is 395 g/mol. The Morgan fingerprint density at radius 2 is 1.82 bits per heavy atom. The van der Waals surface area contributed by atoms with Gasteiger partial charge in [0.05, 0.1) is 24.0 Å². The molecule has 0 aliphatic rings. The van der Waals surface area contributed by atoms with Crippen LogP contribution in [0.15, 0.2) is 0 Å². The predicted octanol–water partition coefficient (Wildman–Crippen LogP) is 2.27. The highest BCUT2D eigenvalue weighted by molar-refractivity contribution is 9.09. The Morgan fingerprint density at radius 1 is 1.29 bits per heavy atom. The molecule has 0 aromatic rings. The highest BCUT2D eigenvalue weighted by Gasteiger charge is 2.30. The van der Waals surface area contributed by atoms with Crippen molar-refractivity contribution in [1.82, 2.24) is 4.72 Å². The summed E-state index contributed by atoms with van der Waals surface area (Å²) in [5.74, 6) is -0.00701. The molecule has 0 aliphatic heterocycles. The molecule has 0 amide bonds. The van der Waals surface area contributed by atoms with Crippen LogP contribution in [-0.4, -0.2) is 43.1 Å². The van der Waals surface area contributed by atoms with Gasteiger partial charge in [-0.2, -0.15) is 0 Å². The quantitative estimate of drug-likeness (QED) is 0.610. The molecular weight excluding hydrogens is 374 g/mol. The van der Waals surface area contributed by atoms with Gasteiger partial charge in [-0.05, 0) is 20.3 Å². The second-order valence-corrected chi connectivity index (χ2v) is 7.20. The first-order valence-corrected chi connectivity index (χ1v) is 9.45. The van der Waals surface area contributed by atoms with Crippen LogP contribution in [0.4, 0.5) is 0 Å². The van der Waals surface area contributed by atoms with Crippen LogP contribution in [0.3, 0.4) is 0 Å². The van der Waals surface area contributed by atoms with E-state index in [1.165, 1.54) is 0 Å². The van der Waals surface area contributed by atoms with E-state index in [4.69, 9.17) is 4.74 Å². The molecule has 0 fully saturated rings. The van der Waals surface area contributed by atoms with Crippen molar-refractivity contribution < 1.29 is 13.2 Å². The number of sulfonamides is 1. The van der Waals surface area contributed by atoms with Crippen LogP contribution in [0.2, 0.25) is 0 Å². The average Bonchev–Trinajstić information content (AvgIpc) is 2.25. The van der Waals surface area contributed by atoms with Crippen LogP contribution in [-0.2, 0) is 14.8 Å². The Hall–Kier alpha value is 0.830. The zero-order valence-electron chi connectivity index (χ0n) is 10.5. The fraction of sp³-hybridized carbons (Fsp3) is 1.00. The second kappa shape index (κ2) is 8.09. The Bertz CT molecular complexity index is 294. The Balaban J connectivity index is 4.42. The lowest BCUT2D eigenvalue weighted by Crippen LogP contribution is -2.52. The first kappa shape index (κ1) is 17.8. The number of ether oxygens (including phenoxy) is 1. The number of alkyl halides is 2. The van der Waals surface area contributed by atoms with Gasteiger partial charge in [-0.25, -0.2) is 13.1 Å². The van der Waals surface area contributed by atoms with Gasteiger partial charge in [0.25, 0.3) is 0 Å². The molecule has 0 saturated carbocycles. The standard InChI is InChI=1S/C10H21Br2NO3S/c1-4-10(7-11,8-12)13-17(14,15)6-5-16-9(2)3/h9,13H,4-8H2,1-3H3. The monoisotopic (exact) mass is 393 g/mol. The molecule has 104 valence electrons. The van der Waals surface area contributed by atoms with Gasteiger partial charge in [-0.3, -0.25) is 0 Å². The van der Waals surface area contributed by atoms with E-state index in [2.05, 4.69) is 36.6 Å². The third-order valence-corrected chi connectivity index (χ3v) is 5.96. The molecular formula is C10H21Br2NO3S. The molecule has 0 aromatic heterocycles. The maximum atomic E-state index is 11.9. The fourth-order valence-electron chi connectivity index (χ4n) is 1.13. The lowest BCUT2D eigenvalue weighted by molar-refractivity contribution is 0.0911. The summed E-state index contributed by atoms with van der Waals surface area (Å²) < 4.78 is 31.7. The van der Waals surface area contributed by atoms with Crippen molar-refractivity contribution in [3.05, 3.63) is 0 Å². The van der Waals surface area contributed by atoms with Crippen LogP contribution in [0, 0.1) is 0 Å². The van der Waals surface area contributed by atoms with Gasteiger partial charge in [-0.15, -0.1) is 0 Å². The maximum absolute atomic E-state index is 11.9. The van der Waals surface area contributed by atoms with E-state index in [-0.39, 0.29) is 18.5 Å². The smallest absolute Gasteiger partial charge is 0.214 e. The predicted molar refractivity (Wildman–Crippen MR) is 78.6 cm³/mol. The van der Waals surface area contributed by atoms with Crippen molar-refractivity contribution >= 4 is 41.9 Å². The van der Waals surface area contributed by atoms with Crippen molar-refractivity contribution in [2.24, 2.45) is 0 Å². The van der Waals surface area contributed by atoms with Gasteiger partial charge in [-0.1, -0.05) is 38.8 Å². The summed E-state index contributed by atoms with van der Waals surface area (Å²) >= 11 is 6.70. The Kier molecular flexibility index (Phi) is 8.49. The van der Waals surface area contributed by atoms with Gasteiger partial charge in [0.1, 0.15) is 0 Å². The van der Waals surface area contributed by atoms with E-state index < -0.39 is 15.6 Å². The Labute approximate surface area is 121 Å². The van der Waals surface area contributed by atoms with Crippen molar-refractivity contribution in [2.45, 2.75) is 38.8 Å². The zero-order chi connectivity index (χ0) is 13.5. The lowest BCUT2D eigenvalue weighted by Gasteiger charge is -2.29. The van der Waals surface area contributed by atoms with Crippen LogP contribution in [0.1, 0.15) is 27.2 Å². The van der Waals surface area contributed by atoms with E-state index in [0.29, 0.717) is 17.1 Å². The molecule has 0 spiro atoms. The minimum atomic E-state index is -3.31. The first-order valence-electron chi connectivity index (χ1n) is 5.56. The molecule has 4 nitrogen and oxygen atoms in total. The molecule has 0 heterocycles. The van der Waals surface area contributed by atoms with E-state index in [1.807, 2.05) is 20.8 Å². The topological polar surface area (TPSA) is 55.4 Å². The molecule has 0 atom stereocenters. The van der Waals surface area contributed by atoms with Gasteiger partial charge < -0.3 is 4.74 Å². The molecule has 1 N–H and O–H groups in total. The summed E-state index contributed by atoms with van der Waals surface area (Å²) in [6.07, 6.45) is 0.766. The van der Waals surface area contributed by atoms with Crippen LogP contribution in [0.5, 0.6) is 0 Å². The number of hydrogen-bond donors (Lipinski definition) is 1. The third kappa shape index (κ3) is 7.10. The van der Waals surface area contributed by atoms with E-state index in [0.717, 1.165) is 0 Å². The normalized spacial score (nSPS) is 13.3. The maximum Gasteiger partial charge on any atom is 0.214 e. The van der Waals surface area contributed by atoms with Gasteiger partial charge in [0.15, 0.2) is 0 Å². The molecule has 0 saturated heterocycles. The van der Waals surface area contributed by atoms with Gasteiger partial charge in [0, 0.05) is 10.7 Å². The SMILES string of the molecule is CCC(CBr)(CBr)NS(=O)(=O)CCOC(C)C. The second-order valence-electron chi connectivity index (χ2n) is 4.24. The fourth-order valence-corrected chi connectivity index (χ4v) is 4.87. The number of halogens is 2. The summed E-state index contributed by atoms with van der Waals surface area (Å²) in [5, 5.41) is 1.15. The van der Waals surface area contributed by atoms with E-state index >= 15 is 0 Å². The summed E-state index contributed by atoms with van der Waals surface area (Å²) in [5.41, 5.74) is -0.462. The number of hydrogen-bond acceptors (Lipinski definition) is 3. The van der Waals surface area contributed by atoms with Crippen molar-refractivity contribution in [3.63, 3.8) is 0 Å². The van der Waals surface area contributed by atoms with Crippen LogP contribution in [0.25, 0.3) is 0 Å². The number of rotatable bonds is 9. The largest absolute Gasteiger partial charge is 0.378 e. The first-order chi connectivity index (χ1) is 7.81. The van der Waals surface area contributed by atoms with Gasteiger partial charge in [0.2, 0.25) is 10.0 Å². The Morgan fingerprint density at radius 3 is 2.18 bits per heavy atom. The molecule has 0 rings (SSSR count). The van der Waals surface area contributed by atoms with Gasteiger partial charge >= 0.3 is 0 Å². The van der Waals surface area contributed by atoms with E-state index in [1.54, 1.807) is 0 Å². The highest BCUT2D eigenvalue weighted by Crippen LogP contribution is 2.18. The van der Waals surface area contributed by atoms with Crippen LogP contribution < -0.4 is 4.72 Å². The molecule has 0 bridgehead atoms. The molecule has 17 heavy (non-hydrogen) atoms. The van der Waals surface area contributed by atoms with E-state index in [9.17, 15) is 8.42 Å². The molecule has 0 aromatic carbocycles. The molecule has 0 unspecified atom stereocenters.